The van der Waals surface area contributed by atoms with Crippen molar-refractivity contribution in [2.75, 3.05) is 0 Å². The van der Waals surface area contributed by atoms with Crippen molar-refractivity contribution < 1.29 is 20.4 Å². The molecule has 1 rings (SSSR count). The minimum atomic E-state index is -0.987. The van der Waals surface area contributed by atoms with Crippen LogP contribution in [0.3, 0.4) is 0 Å². The smallest absolute Gasteiger partial charge is 0.108 e. The molecule has 1 fully saturated rings. The molecule has 4 nitrogen and oxygen atoms in total. The van der Waals surface area contributed by atoms with E-state index in [1.165, 1.54) is 0 Å². The van der Waals surface area contributed by atoms with Crippen LogP contribution in [0.25, 0.3) is 0 Å². The normalized spacial score (nSPS) is 39.5. The van der Waals surface area contributed by atoms with E-state index in [0.29, 0.717) is 12.8 Å². The average molecular weight is 244 g/mol. The second-order valence-electron chi connectivity index (χ2n) is 5.87. The van der Waals surface area contributed by atoms with Crippen LogP contribution in [0.1, 0.15) is 40.5 Å². The summed E-state index contributed by atoms with van der Waals surface area (Å²) in [4.78, 5) is 4.16. The minimum Gasteiger partial charge on any atom is -0.393 e. The van der Waals surface area contributed by atoms with Crippen LogP contribution in [0.5, 0.6) is 0 Å². The van der Waals surface area contributed by atoms with E-state index in [1.807, 2.05) is 20.8 Å². The SMILES string of the molecule is CC(/C=C/C1(O)C(C)CC(O)CC1(C)C)OO. The molecule has 0 aliphatic heterocycles. The molecule has 0 heterocycles. The lowest BCUT2D eigenvalue weighted by Gasteiger charge is -2.50. The van der Waals surface area contributed by atoms with Crippen molar-refractivity contribution in [2.24, 2.45) is 11.3 Å². The van der Waals surface area contributed by atoms with Crippen LogP contribution in [-0.2, 0) is 4.89 Å². The van der Waals surface area contributed by atoms with Gasteiger partial charge in [0.25, 0.3) is 0 Å². The standard InChI is InChI=1S/C13H24O4/c1-9-7-11(14)8-12(3,4)13(9,15)6-5-10(2)17-16/h5-6,9-11,14-16H,7-8H2,1-4H3/b6-5+. The predicted octanol–water partition coefficient (Wildman–Crippen LogP) is 1.97. The van der Waals surface area contributed by atoms with Gasteiger partial charge >= 0.3 is 0 Å². The summed E-state index contributed by atoms with van der Waals surface area (Å²) in [5.74, 6) is -0.0385. The fraction of sp³-hybridized carbons (Fsp3) is 0.846. The number of aliphatic hydroxyl groups excluding tert-OH is 1. The Morgan fingerprint density at radius 2 is 2.00 bits per heavy atom. The van der Waals surface area contributed by atoms with Crippen LogP contribution in [0.4, 0.5) is 0 Å². The van der Waals surface area contributed by atoms with Gasteiger partial charge in [-0.2, -0.15) is 0 Å². The van der Waals surface area contributed by atoms with Gasteiger partial charge in [-0.05, 0) is 31.1 Å². The zero-order chi connectivity index (χ0) is 13.3. The van der Waals surface area contributed by atoms with Crippen LogP contribution < -0.4 is 0 Å². The summed E-state index contributed by atoms with van der Waals surface area (Å²) in [5.41, 5.74) is -1.39. The maximum atomic E-state index is 10.8. The molecule has 0 radical (unpaired) electrons. The number of hydrogen-bond acceptors (Lipinski definition) is 4. The van der Waals surface area contributed by atoms with E-state index in [9.17, 15) is 10.2 Å². The van der Waals surface area contributed by atoms with E-state index in [1.54, 1.807) is 19.1 Å². The first-order valence-electron chi connectivity index (χ1n) is 6.13. The third-order valence-corrected chi connectivity index (χ3v) is 3.99. The highest BCUT2D eigenvalue weighted by molar-refractivity contribution is 5.15. The van der Waals surface area contributed by atoms with Crippen molar-refractivity contribution in [3.63, 3.8) is 0 Å². The summed E-state index contributed by atoms with van der Waals surface area (Å²) >= 11 is 0. The van der Waals surface area contributed by atoms with Gasteiger partial charge in [-0.15, -0.1) is 0 Å². The van der Waals surface area contributed by atoms with E-state index in [-0.39, 0.29) is 12.0 Å². The third kappa shape index (κ3) is 2.88. The van der Waals surface area contributed by atoms with Gasteiger partial charge < -0.3 is 10.2 Å². The van der Waals surface area contributed by atoms with Crippen molar-refractivity contribution in [3.05, 3.63) is 12.2 Å². The molecule has 1 aliphatic rings. The number of aliphatic hydroxyl groups is 2. The molecule has 1 aliphatic carbocycles. The van der Waals surface area contributed by atoms with Gasteiger partial charge in [0.1, 0.15) is 6.10 Å². The highest BCUT2D eigenvalue weighted by Gasteiger charge is 2.50. The predicted molar refractivity (Wildman–Crippen MR) is 65.5 cm³/mol. The first-order chi connectivity index (χ1) is 7.73. The Kier molecular flexibility index (Phi) is 4.36. The first-order valence-corrected chi connectivity index (χ1v) is 6.13. The fourth-order valence-corrected chi connectivity index (χ4v) is 2.80. The average Bonchev–Trinajstić information content (AvgIpc) is 2.22. The van der Waals surface area contributed by atoms with Crippen molar-refractivity contribution >= 4 is 0 Å². The summed E-state index contributed by atoms with van der Waals surface area (Å²) in [6, 6.07) is 0. The van der Waals surface area contributed by atoms with Crippen molar-refractivity contribution in [2.45, 2.75) is 58.3 Å². The van der Waals surface area contributed by atoms with Crippen molar-refractivity contribution in [1.82, 2.24) is 0 Å². The summed E-state index contributed by atoms with van der Waals surface area (Å²) in [6.45, 7) is 7.51. The van der Waals surface area contributed by atoms with Crippen LogP contribution >= 0.6 is 0 Å². The Bertz CT molecular complexity index is 287. The number of rotatable bonds is 3. The first kappa shape index (κ1) is 14.6. The van der Waals surface area contributed by atoms with E-state index in [0.717, 1.165) is 0 Å². The van der Waals surface area contributed by atoms with Crippen LogP contribution in [0.2, 0.25) is 0 Å². The topological polar surface area (TPSA) is 69.9 Å². The zero-order valence-corrected chi connectivity index (χ0v) is 11.1. The van der Waals surface area contributed by atoms with E-state index in [4.69, 9.17) is 5.26 Å². The van der Waals surface area contributed by atoms with Gasteiger partial charge in [0.2, 0.25) is 0 Å². The molecule has 4 atom stereocenters. The molecule has 0 aromatic heterocycles. The van der Waals surface area contributed by atoms with E-state index in [2.05, 4.69) is 4.89 Å². The summed E-state index contributed by atoms with van der Waals surface area (Å²) in [6.07, 6.45) is 3.68. The van der Waals surface area contributed by atoms with Gasteiger partial charge in [-0.25, -0.2) is 4.89 Å². The van der Waals surface area contributed by atoms with Gasteiger partial charge in [0, 0.05) is 0 Å². The molecule has 3 N–H and O–H groups in total. The van der Waals surface area contributed by atoms with Gasteiger partial charge in [-0.1, -0.05) is 32.9 Å². The highest BCUT2D eigenvalue weighted by atomic mass is 17.1. The molecule has 17 heavy (non-hydrogen) atoms. The lowest BCUT2D eigenvalue weighted by atomic mass is 9.60. The Balaban J connectivity index is 2.94. The highest BCUT2D eigenvalue weighted by Crippen LogP contribution is 2.47. The molecule has 0 amide bonds. The molecule has 4 heteroatoms. The molecule has 0 spiro atoms. The lowest BCUT2D eigenvalue weighted by Crippen LogP contribution is -2.54. The van der Waals surface area contributed by atoms with Crippen LogP contribution in [-0.4, -0.2) is 33.3 Å². The lowest BCUT2D eigenvalue weighted by molar-refractivity contribution is -0.261. The molecule has 1 saturated carbocycles. The van der Waals surface area contributed by atoms with Crippen LogP contribution in [0, 0.1) is 11.3 Å². The van der Waals surface area contributed by atoms with Crippen molar-refractivity contribution in [3.8, 4) is 0 Å². The van der Waals surface area contributed by atoms with E-state index >= 15 is 0 Å². The molecular weight excluding hydrogens is 220 g/mol. The van der Waals surface area contributed by atoms with E-state index < -0.39 is 17.1 Å². The third-order valence-electron chi connectivity index (χ3n) is 3.99. The Morgan fingerprint density at radius 3 is 2.47 bits per heavy atom. The zero-order valence-electron chi connectivity index (χ0n) is 11.1. The summed E-state index contributed by atoms with van der Waals surface area (Å²) in [7, 11) is 0. The molecule has 100 valence electrons. The molecule has 0 bridgehead atoms. The molecule has 0 aromatic carbocycles. The maximum absolute atomic E-state index is 10.8. The maximum Gasteiger partial charge on any atom is 0.108 e. The Labute approximate surface area is 103 Å². The van der Waals surface area contributed by atoms with Gasteiger partial charge in [-0.3, -0.25) is 5.26 Å². The van der Waals surface area contributed by atoms with Gasteiger partial charge in [0.05, 0.1) is 11.7 Å². The summed E-state index contributed by atoms with van der Waals surface area (Å²) < 4.78 is 0. The largest absolute Gasteiger partial charge is 0.393 e. The molecular formula is C13H24O4. The molecule has 0 saturated heterocycles. The van der Waals surface area contributed by atoms with Crippen molar-refractivity contribution in [1.29, 1.82) is 0 Å². The second-order valence-corrected chi connectivity index (χ2v) is 5.87. The van der Waals surface area contributed by atoms with Crippen LogP contribution in [0.15, 0.2) is 12.2 Å². The molecule has 4 unspecified atom stereocenters. The Hall–Kier alpha value is -0.420. The fourth-order valence-electron chi connectivity index (χ4n) is 2.80. The summed E-state index contributed by atoms with van der Waals surface area (Å²) in [5, 5.41) is 29.1. The molecule has 0 aromatic rings. The minimum absolute atomic E-state index is 0.0385. The quantitative estimate of drug-likeness (QED) is 0.403. The number of hydrogen-bond donors (Lipinski definition) is 3. The Morgan fingerprint density at radius 1 is 1.41 bits per heavy atom. The van der Waals surface area contributed by atoms with Gasteiger partial charge in [0.15, 0.2) is 0 Å². The second kappa shape index (κ2) is 5.06. The monoisotopic (exact) mass is 244 g/mol.